The Kier molecular flexibility index (Phi) is 6.88. The first kappa shape index (κ1) is 26.4. The molecule has 3 heterocycles. The van der Waals surface area contributed by atoms with Crippen LogP contribution in [-0.2, 0) is 11.0 Å². The fourth-order valence-electron chi connectivity index (χ4n) is 3.60. The Balaban J connectivity index is 1.71. The summed E-state index contributed by atoms with van der Waals surface area (Å²) in [5.74, 6) is -5.78. The molecule has 196 valence electrons. The fourth-order valence-corrected chi connectivity index (χ4v) is 4.38. The maximum absolute atomic E-state index is 13.9. The highest BCUT2D eigenvalue weighted by Crippen LogP contribution is 2.44. The number of hydrogen-bond donors (Lipinski definition) is 1. The molecule has 0 spiro atoms. The molecule has 1 aliphatic heterocycles. The van der Waals surface area contributed by atoms with Gasteiger partial charge in [-0.3, -0.25) is 14.5 Å². The van der Waals surface area contributed by atoms with E-state index in [1.165, 1.54) is 30.4 Å². The minimum Gasteiger partial charge on any atom is -0.481 e. The zero-order valence-corrected chi connectivity index (χ0v) is 20.5. The normalized spacial score (nSPS) is 14.7. The van der Waals surface area contributed by atoms with E-state index in [-0.39, 0.29) is 22.6 Å². The number of aryl methyl sites for hydroxylation is 1. The number of ether oxygens (including phenoxy) is 1. The SMILES string of the molecule is Cc1cnc(-c2cc(C(=O)N[C@H](C)c3cnc(C(F)(F)F)nc3)cc3c2OCC(=O)N3CC(C)(F)F)s1. The van der Waals surface area contributed by atoms with Crippen molar-refractivity contribution < 1.29 is 36.3 Å². The Morgan fingerprint density at radius 2 is 1.84 bits per heavy atom. The van der Waals surface area contributed by atoms with Gasteiger partial charge in [-0.25, -0.2) is 23.7 Å². The molecule has 2 amide bonds. The number of nitrogens with one attached hydrogen (secondary N) is 1. The number of fused-ring (bicyclic) bond motifs is 1. The maximum Gasteiger partial charge on any atom is 0.451 e. The largest absolute Gasteiger partial charge is 0.481 e. The summed E-state index contributed by atoms with van der Waals surface area (Å²) < 4.78 is 71.7. The molecule has 0 saturated heterocycles. The van der Waals surface area contributed by atoms with Gasteiger partial charge in [0.1, 0.15) is 5.01 Å². The minimum atomic E-state index is -4.71. The summed E-state index contributed by atoms with van der Waals surface area (Å²) in [5, 5.41) is 3.08. The predicted octanol–water partition coefficient (Wildman–Crippen LogP) is 4.80. The summed E-state index contributed by atoms with van der Waals surface area (Å²) in [5.41, 5.74) is 0.534. The Bertz CT molecular complexity index is 1340. The van der Waals surface area contributed by atoms with Gasteiger partial charge in [0.2, 0.25) is 5.82 Å². The molecule has 37 heavy (non-hydrogen) atoms. The van der Waals surface area contributed by atoms with Crippen molar-refractivity contribution >= 4 is 28.8 Å². The lowest BCUT2D eigenvalue weighted by Crippen LogP contribution is -2.45. The molecule has 14 heteroatoms. The van der Waals surface area contributed by atoms with Crippen LogP contribution in [0.5, 0.6) is 5.75 Å². The fraction of sp³-hybridized carbons (Fsp3) is 0.348. The van der Waals surface area contributed by atoms with E-state index in [9.17, 15) is 31.5 Å². The number of hydrogen-bond acceptors (Lipinski definition) is 7. The molecule has 0 aliphatic carbocycles. The van der Waals surface area contributed by atoms with Gasteiger partial charge in [0, 0.05) is 41.5 Å². The molecule has 1 aliphatic rings. The molecule has 8 nitrogen and oxygen atoms in total. The second kappa shape index (κ2) is 9.65. The third-order valence-corrected chi connectivity index (χ3v) is 6.27. The number of aromatic nitrogens is 3. The molecule has 1 atom stereocenters. The van der Waals surface area contributed by atoms with Gasteiger partial charge in [-0.05, 0) is 26.0 Å². The summed E-state index contributed by atoms with van der Waals surface area (Å²) >= 11 is 1.28. The number of alkyl halides is 5. The van der Waals surface area contributed by atoms with Crippen molar-refractivity contribution in [1.29, 1.82) is 0 Å². The van der Waals surface area contributed by atoms with Gasteiger partial charge in [0.25, 0.3) is 17.7 Å². The van der Waals surface area contributed by atoms with Crippen molar-refractivity contribution in [3.05, 3.63) is 52.6 Å². The van der Waals surface area contributed by atoms with E-state index in [4.69, 9.17) is 4.74 Å². The zero-order chi connectivity index (χ0) is 27.1. The van der Waals surface area contributed by atoms with Crippen LogP contribution in [-0.4, -0.2) is 45.8 Å². The highest BCUT2D eigenvalue weighted by molar-refractivity contribution is 7.15. The van der Waals surface area contributed by atoms with Crippen LogP contribution in [0.25, 0.3) is 10.6 Å². The van der Waals surface area contributed by atoms with Gasteiger partial charge in [0.15, 0.2) is 12.4 Å². The average molecular weight is 542 g/mol. The summed E-state index contributed by atoms with van der Waals surface area (Å²) in [4.78, 5) is 38.2. The van der Waals surface area contributed by atoms with Crippen LogP contribution in [0.3, 0.4) is 0 Å². The lowest BCUT2D eigenvalue weighted by molar-refractivity contribution is -0.145. The second-order valence-corrected chi connectivity index (χ2v) is 9.75. The summed E-state index contributed by atoms with van der Waals surface area (Å²) in [7, 11) is 0. The second-order valence-electron chi connectivity index (χ2n) is 8.52. The summed E-state index contributed by atoms with van der Waals surface area (Å²) in [6.45, 7) is 2.61. The molecule has 0 bridgehead atoms. The number of nitrogens with zero attached hydrogens (tertiary/aromatic N) is 4. The molecule has 0 fully saturated rings. The van der Waals surface area contributed by atoms with Crippen molar-refractivity contribution in [1.82, 2.24) is 20.3 Å². The minimum absolute atomic E-state index is 0.00371. The number of rotatable bonds is 6. The van der Waals surface area contributed by atoms with E-state index < -0.39 is 48.9 Å². The predicted molar refractivity (Wildman–Crippen MR) is 124 cm³/mol. The number of thiazole rings is 1. The van der Waals surface area contributed by atoms with Crippen LogP contribution in [0.1, 0.15) is 46.5 Å². The van der Waals surface area contributed by atoms with Crippen LogP contribution in [0, 0.1) is 6.92 Å². The molecule has 1 N–H and O–H groups in total. The van der Waals surface area contributed by atoms with Crippen LogP contribution in [0.4, 0.5) is 27.6 Å². The van der Waals surface area contributed by atoms with Crippen molar-refractivity contribution in [2.24, 2.45) is 0 Å². The first-order valence-electron chi connectivity index (χ1n) is 10.8. The lowest BCUT2D eigenvalue weighted by atomic mass is 10.0. The van der Waals surface area contributed by atoms with Gasteiger partial charge in [-0.15, -0.1) is 11.3 Å². The number of carbonyl (C=O) groups is 2. The molecule has 1 aromatic carbocycles. The number of benzene rings is 1. The number of anilines is 1. The zero-order valence-electron chi connectivity index (χ0n) is 19.7. The van der Waals surface area contributed by atoms with E-state index in [0.29, 0.717) is 17.5 Å². The van der Waals surface area contributed by atoms with Crippen LogP contribution < -0.4 is 15.0 Å². The molecule has 0 saturated carbocycles. The highest BCUT2D eigenvalue weighted by Gasteiger charge is 2.36. The number of halogens is 5. The van der Waals surface area contributed by atoms with E-state index in [1.54, 1.807) is 6.20 Å². The van der Waals surface area contributed by atoms with Crippen LogP contribution >= 0.6 is 11.3 Å². The van der Waals surface area contributed by atoms with E-state index in [1.807, 2.05) is 6.92 Å². The Morgan fingerprint density at radius 3 is 2.41 bits per heavy atom. The topological polar surface area (TPSA) is 97.3 Å². The third kappa shape index (κ3) is 5.84. The maximum atomic E-state index is 13.9. The molecular weight excluding hydrogens is 521 g/mol. The first-order valence-corrected chi connectivity index (χ1v) is 11.7. The van der Waals surface area contributed by atoms with E-state index in [0.717, 1.165) is 22.2 Å². The summed E-state index contributed by atoms with van der Waals surface area (Å²) in [6, 6.07) is 1.92. The molecule has 0 radical (unpaired) electrons. The molecule has 3 aromatic rings. The molecule has 4 rings (SSSR count). The molecule has 0 unspecified atom stereocenters. The van der Waals surface area contributed by atoms with Crippen molar-refractivity contribution in [3.63, 3.8) is 0 Å². The molecule has 2 aromatic heterocycles. The van der Waals surface area contributed by atoms with E-state index >= 15 is 0 Å². The van der Waals surface area contributed by atoms with Crippen molar-refractivity contribution in [2.45, 2.75) is 38.9 Å². The van der Waals surface area contributed by atoms with Crippen molar-refractivity contribution in [2.75, 3.05) is 18.1 Å². The number of carbonyl (C=O) groups excluding carboxylic acids is 2. The van der Waals surface area contributed by atoms with Gasteiger partial charge < -0.3 is 10.1 Å². The quantitative estimate of drug-likeness (QED) is 0.451. The Labute approximate surface area is 211 Å². The van der Waals surface area contributed by atoms with Gasteiger partial charge in [-0.2, -0.15) is 13.2 Å². The molecular formula is C23H20F5N5O3S. The van der Waals surface area contributed by atoms with Crippen molar-refractivity contribution in [3.8, 4) is 16.3 Å². The summed E-state index contributed by atoms with van der Waals surface area (Å²) in [6.07, 6.45) is -1.21. The third-order valence-electron chi connectivity index (χ3n) is 5.32. The van der Waals surface area contributed by atoms with E-state index in [2.05, 4.69) is 20.3 Å². The van der Waals surface area contributed by atoms with Gasteiger partial charge in [-0.1, -0.05) is 0 Å². The first-order chi connectivity index (χ1) is 17.2. The van der Waals surface area contributed by atoms with Gasteiger partial charge in [0.05, 0.1) is 23.8 Å². The van der Waals surface area contributed by atoms with Gasteiger partial charge >= 0.3 is 6.18 Å². The monoisotopic (exact) mass is 541 g/mol. The standard InChI is InChI=1S/C23H20F5N5O3S/c1-11-6-29-20(37-11)15-4-13(5-16-18(15)36-9-17(34)33(16)10-22(3,24)25)19(35)32-12(2)14-7-30-21(31-8-14)23(26,27)28/h4-8,12H,9-10H2,1-3H3,(H,32,35)/t12-/m1/s1. The highest BCUT2D eigenvalue weighted by atomic mass is 32.1. The van der Waals surface area contributed by atoms with Crippen LogP contribution in [0.2, 0.25) is 0 Å². The Hall–Kier alpha value is -3.68. The number of amides is 2. The Morgan fingerprint density at radius 1 is 1.16 bits per heavy atom. The average Bonchev–Trinajstić information content (AvgIpc) is 3.25. The smallest absolute Gasteiger partial charge is 0.451 e. The van der Waals surface area contributed by atoms with Crippen LogP contribution in [0.15, 0.2) is 30.7 Å². The lowest BCUT2D eigenvalue weighted by Gasteiger charge is -2.32.